The molecule has 0 saturated carbocycles. The summed E-state index contributed by atoms with van der Waals surface area (Å²) in [5, 5.41) is 9.50. The highest BCUT2D eigenvalue weighted by atomic mass is 32.2. The Labute approximate surface area is 178 Å². The largest absolute Gasteiger partial charge is 0.465 e. The van der Waals surface area contributed by atoms with Crippen molar-refractivity contribution in [3.8, 4) is 10.6 Å². The minimum atomic E-state index is -3.66. The van der Waals surface area contributed by atoms with Gasteiger partial charge < -0.3 is 9.64 Å². The van der Waals surface area contributed by atoms with Crippen LogP contribution in [0, 0.1) is 0 Å². The van der Waals surface area contributed by atoms with Gasteiger partial charge in [-0.3, -0.25) is 5.10 Å². The number of esters is 1. The molecule has 0 amide bonds. The summed E-state index contributed by atoms with van der Waals surface area (Å²) < 4.78 is 32.8. The molecule has 0 radical (unpaired) electrons. The number of sulfonamides is 1. The standard InChI is InChI=1S/C20H22N4O4S2/c1-28-20(25)14-4-6-16(7-5-14)30(26,27)23-15-8-10-24(11-9-15)19-13-17(21-22-19)18-3-2-12-29-18/h2-7,12-13,15,23H,8-11H2,1H3,(H,21,22). The molecule has 0 unspecified atom stereocenters. The van der Waals surface area contributed by atoms with Crippen LogP contribution in [0.5, 0.6) is 0 Å². The fourth-order valence-electron chi connectivity index (χ4n) is 3.43. The Bertz CT molecular complexity index is 1100. The van der Waals surface area contributed by atoms with E-state index in [1.165, 1.54) is 31.4 Å². The summed E-state index contributed by atoms with van der Waals surface area (Å²) in [5.41, 5.74) is 1.30. The number of nitrogens with zero attached hydrogens (tertiary/aromatic N) is 2. The summed E-state index contributed by atoms with van der Waals surface area (Å²) in [4.78, 5) is 14.9. The molecular formula is C20H22N4O4S2. The SMILES string of the molecule is COC(=O)c1ccc(S(=O)(=O)NC2CCN(c3cc(-c4cccs4)[nH]n3)CC2)cc1. The van der Waals surface area contributed by atoms with E-state index in [0.29, 0.717) is 31.5 Å². The van der Waals surface area contributed by atoms with Crippen molar-refractivity contribution in [2.75, 3.05) is 25.1 Å². The third-order valence-corrected chi connectivity index (χ3v) is 7.52. The maximum absolute atomic E-state index is 12.7. The Hall–Kier alpha value is -2.69. The zero-order valence-corrected chi connectivity index (χ0v) is 18.0. The lowest BCUT2D eigenvalue weighted by atomic mass is 10.1. The van der Waals surface area contributed by atoms with E-state index < -0.39 is 16.0 Å². The van der Waals surface area contributed by atoms with Crippen LogP contribution in [0.3, 0.4) is 0 Å². The highest BCUT2D eigenvalue weighted by molar-refractivity contribution is 7.89. The number of anilines is 1. The molecule has 30 heavy (non-hydrogen) atoms. The van der Waals surface area contributed by atoms with E-state index in [4.69, 9.17) is 0 Å². The van der Waals surface area contributed by atoms with Crippen LogP contribution in [-0.2, 0) is 14.8 Å². The molecule has 1 aliphatic rings. The van der Waals surface area contributed by atoms with E-state index in [0.717, 1.165) is 16.4 Å². The Kier molecular flexibility index (Phi) is 5.89. The van der Waals surface area contributed by atoms with Gasteiger partial charge >= 0.3 is 5.97 Å². The van der Waals surface area contributed by atoms with Crippen LogP contribution in [0.4, 0.5) is 5.82 Å². The van der Waals surface area contributed by atoms with Crippen molar-refractivity contribution in [1.29, 1.82) is 0 Å². The monoisotopic (exact) mass is 446 g/mol. The molecular weight excluding hydrogens is 424 g/mol. The van der Waals surface area contributed by atoms with Gasteiger partial charge in [-0.2, -0.15) is 5.10 Å². The van der Waals surface area contributed by atoms with Crippen LogP contribution in [0.1, 0.15) is 23.2 Å². The number of nitrogens with one attached hydrogen (secondary N) is 2. The quantitative estimate of drug-likeness (QED) is 0.564. The number of aromatic nitrogens is 2. The lowest BCUT2D eigenvalue weighted by Crippen LogP contribution is -2.44. The molecule has 0 aliphatic carbocycles. The van der Waals surface area contributed by atoms with E-state index >= 15 is 0 Å². The van der Waals surface area contributed by atoms with Crippen molar-refractivity contribution >= 4 is 33.1 Å². The number of aromatic amines is 1. The average molecular weight is 447 g/mol. The van der Waals surface area contributed by atoms with Gasteiger partial charge in [0.25, 0.3) is 0 Å². The first-order valence-electron chi connectivity index (χ1n) is 9.51. The number of ether oxygens (including phenoxy) is 1. The van der Waals surface area contributed by atoms with Gasteiger partial charge in [0.2, 0.25) is 10.0 Å². The number of thiophene rings is 1. The number of carbonyl (C=O) groups is 1. The maximum atomic E-state index is 12.7. The van der Waals surface area contributed by atoms with Gasteiger partial charge in [0.1, 0.15) is 0 Å². The second-order valence-corrected chi connectivity index (χ2v) is 9.68. The van der Waals surface area contributed by atoms with Crippen LogP contribution in [0.2, 0.25) is 0 Å². The fourth-order valence-corrected chi connectivity index (χ4v) is 5.43. The molecule has 0 spiro atoms. The highest BCUT2D eigenvalue weighted by Crippen LogP contribution is 2.27. The number of hydrogen-bond donors (Lipinski definition) is 2. The molecule has 0 bridgehead atoms. The van der Waals surface area contributed by atoms with Crippen molar-refractivity contribution in [1.82, 2.24) is 14.9 Å². The van der Waals surface area contributed by atoms with Crippen LogP contribution in [0.25, 0.3) is 10.6 Å². The van der Waals surface area contributed by atoms with E-state index in [1.807, 2.05) is 23.6 Å². The number of H-pyrrole nitrogens is 1. The number of benzene rings is 1. The number of carbonyl (C=O) groups excluding carboxylic acids is 1. The molecule has 2 N–H and O–H groups in total. The third kappa shape index (κ3) is 4.40. The van der Waals surface area contributed by atoms with Crippen molar-refractivity contribution in [2.24, 2.45) is 0 Å². The van der Waals surface area contributed by atoms with E-state index in [9.17, 15) is 13.2 Å². The number of piperidine rings is 1. The van der Waals surface area contributed by atoms with Crippen molar-refractivity contribution in [3.05, 3.63) is 53.4 Å². The van der Waals surface area contributed by atoms with E-state index in [2.05, 4.69) is 24.6 Å². The summed E-state index contributed by atoms with van der Waals surface area (Å²) in [6.07, 6.45) is 1.36. The predicted octanol–water partition coefficient (Wildman–Crippen LogP) is 2.87. The lowest BCUT2D eigenvalue weighted by Gasteiger charge is -2.32. The van der Waals surface area contributed by atoms with Gasteiger partial charge in [-0.15, -0.1) is 11.3 Å². The molecule has 2 aromatic heterocycles. The first-order chi connectivity index (χ1) is 14.5. The molecule has 10 heteroatoms. The summed E-state index contributed by atoms with van der Waals surface area (Å²) in [6.45, 7) is 1.42. The lowest BCUT2D eigenvalue weighted by molar-refractivity contribution is 0.0600. The van der Waals surface area contributed by atoms with Crippen LogP contribution in [-0.4, -0.2) is 50.8 Å². The smallest absolute Gasteiger partial charge is 0.337 e. The zero-order chi connectivity index (χ0) is 21.1. The Morgan fingerprint density at radius 3 is 2.60 bits per heavy atom. The first kappa shape index (κ1) is 20.6. The second-order valence-electron chi connectivity index (χ2n) is 7.02. The number of rotatable bonds is 6. The number of hydrogen-bond acceptors (Lipinski definition) is 7. The van der Waals surface area contributed by atoms with Crippen molar-refractivity contribution < 1.29 is 17.9 Å². The van der Waals surface area contributed by atoms with Gasteiger partial charge in [-0.25, -0.2) is 17.9 Å². The average Bonchev–Trinajstić information content (AvgIpc) is 3.45. The van der Waals surface area contributed by atoms with Crippen LogP contribution in [0.15, 0.2) is 52.7 Å². The Balaban J connectivity index is 1.35. The predicted molar refractivity (Wildman–Crippen MR) is 115 cm³/mol. The van der Waals surface area contributed by atoms with Gasteiger partial charge in [0.05, 0.1) is 28.1 Å². The molecule has 8 nitrogen and oxygen atoms in total. The van der Waals surface area contributed by atoms with Gasteiger partial charge in [0, 0.05) is 25.2 Å². The zero-order valence-electron chi connectivity index (χ0n) is 16.4. The molecule has 3 heterocycles. The summed E-state index contributed by atoms with van der Waals surface area (Å²) in [7, 11) is -2.37. The van der Waals surface area contributed by atoms with Crippen molar-refractivity contribution in [3.63, 3.8) is 0 Å². The Morgan fingerprint density at radius 1 is 1.23 bits per heavy atom. The van der Waals surface area contributed by atoms with Crippen LogP contribution >= 0.6 is 11.3 Å². The van der Waals surface area contributed by atoms with Crippen LogP contribution < -0.4 is 9.62 Å². The molecule has 1 fully saturated rings. The van der Waals surface area contributed by atoms with Gasteiger partial charge in [-0.05, 0) is 48.6 Å². The van der Waals surface area contributed by atoms with Gasteiger partial charge in [0.15, 0.2) is 5.82 Å². The molecule has 4 rings (SSSR count). The molecule has 0 atom stereocenters. The summed E-state index contributed by atoms with van der Waals surface area (Å²) in [6, 6.07) is 11.7. The third-order valence-electron chi connectivity index (χ3n) is 5.08. The molecule has 1 saturated heterocycles. The minimum absolute atomic E-state index is 0.130. The fraction of sp³-hybridized carbons (Fsp3) is 0.300. The normalized spacial score (nSPS) is 15.3. The molecule has 3 aromatic rings. The highest BCUT2D eigenvalue weighted by Gasteiger charge is 2.26. The summed E-state index contributed by atoms with van der Waals surface area (Å²) in [5.74, 6) is 0.373. The topological polar surface area (TPSA) is 104 Å². The summed E-state index contributed by atoms with van der Waals surface area (Å²) >= 11 is 1.65. The Morgan fingerprint density at radius 2 is 1.97 bits per heavy atom. The molecule has 1 aliphatic heterocycles. The minimum Gasteiger partial charge on any atom is -0.465 e. The van der Waals surface area contributed by atoms with E-state index in [1.54, 1.807) is 11.3 Å². The number of methoxy groups -OCH3 is 1. The van der Waals surface area contributed by atoms with E-state index in [-0.39, 0.29) is 10.9 Å². The first-order valence-corrected chi connectivity index (χ1v) is 11.9. The molecule has 158 valence electrons. The second kappa shape index (κ2) is 8.58. The van der Waals surface area contributed by atoms with Gasteiger partial charge in [-0.1, -0.05) is 6.07 Å². The van der Waals surface area contributed by atoms with Crippen molar-refractivity contribution in [2.45, 2.75) is 23.8 Å². The maximum Gasteiger partial charge on any atom is 0.337 e. The molecule has 1 aromatic carbocycles.